The molecule has 0 heterocycles. The van der Waals surface area contributed by atoms with Gasteiger partial charge < -0.3 is 0 Å². The van der Waals surface area contributed by atoms with E-state index in [2.05, 4.69) is 72.2 Å². The summed E-state index contributed by atoms with van der Waals surface area (Å²) in [7, 11) is 3.71. The molecule has 0 nitrogen and oxygen atoms in total. The van der Waals surface area contributed by atoms with Crippen molar-refractivity contribution in [2.24, 2.45) is 0 Å². The van der Waals surface area contributed by atoms with Crippen LogP contribution in [0.25, 0.3) is 0 Å². The fourth-order valence-corrected chi connectivity index (χ4v) is 1.94. The number of aryl methyl sites for hydroxylation is 2. The molecular weight excluding hydrogens is 208 g/mol. The van der Waals surface area contributed by atoms with E-state index in [1.54, 1.807) is 0 Å². The molecule has 2 aromatic rings. The first kappa shape index (κ1) is 11.0. The van der Waals surface area contributed by atoms with Gasteiger partial charge in [-0.15, -0.1) is 0 Å². The van der Waals surface area contributed by atoms with E-state index in [4.69, 9.17) is 0 Å². The Hall–Kier alpha value is -1.47. The van der Waals surface area contributed by atoms with Gasteiger partial charge in [-0.25, -0.2) is 0 Å². The summed E-state index contributed by atoms with van der Waals surface area (Å²) in [5, 5.41) is 1.14. The summed E-state index contributed by atoms with van der Waals surface area (Å²) >= 11 is 0. The molecule has 2 aromatic carbocycles. The topological polar surface area (TPSA) is 0 Å². The molecule has 2 radical (unpaired) electrons. The summed E-state index contributed by atoms with van der Waals surface area (Å²) in [5.74, 6) is 0. The van der Waals surface area contributed by atoms with Gasteiger partial charge in [0.15, 0.2) is 0 Å². The molecule has 2 rings (SSSR count). The zero-order chi connectivity index (χ0) is 11.5. The first-order chi connectivity index (χ1) is 7.66. The Bertz CT molecular complexity index is 444. The van der Waals surface area contributed by atoms with E-state index in [-0.39, 0.29) is 0 Å². The number of rotatable bonds is 2. The van der Waals surface area contributed by atoms with E-state index in [9.17, 15) is 0 Å². The molecule has 0 amide bonds. The Morgan fingerprint density at radius 2 is 1.00 bits per heavy atom. The highest BCUT2D eigenvalue weighted by Crippen LogP contribution is 2.11. The summed E-state index contributed by atoms with van der Waals surface area (Å²) in [4.78, 5) is 0. The van der Waals surface area contributed by atoms with Crippen LogP contribution < -0.4 is 0 Å². The van der Waals surface area contributed by atoms with Crippen molar-refractivity contribution >= 4 is 15.0 Å². The van der Waals surface area contributed by atoms with Crippen LogP contribution in [0.15, 0.2) is 48.5 Å². The molecule has 78 valence electrons. The lowest BCUT2D eigenvalue weighted by Crippen LogP contribution is -2.03. The molecule has 0 spiro atoms. The smallest absolute Gasteiger partial charge is 0.0419 e. The maximum Gasteiger partial charge on any atom is 0.0419 e. The van der Waals surface area contributed by atoms with Crippen molar-refractivity contribution in [3.05, 3.63) is 70.8 Å². The molecule has 0 N–H and O–H groups in total. The van der Waals surface area contributed by atoms with Crippen LogP contribution in [0.1, 0.15) is 22.3 Å². The van der Waals surface area contributed by atoms with E-state index >= 15 is 0 Å². The van der Waals surface area contributed by atoms with Gasteiger partial charge in [-0.1, -0.05) is 59.7 Å². The molecular formula is C15H14Si. The Kier molecular flexibility index (Phi) is 3.16. The van der Waals surface area contributed by atoms with Gasteiger partial charge in [0.05, 0.1) is 0 Å². The van der Waals surface area contributed by atoms with Gasteiger partial charge in [0.2, 0.25) is 0 Å². The van der Waals surface area contributed by atoms with E-state index in [0.717, 1.165) is 5.17 Å². The summed E-state index contributed by atoms with van der Waals surface area (Å²) < 4.78 is 0. The molecule has 0 aliphatic carbocycles. The molecule has 0 aliphatic rings. The van der Waals surface area contributed by atoms with Crippen LogP contribution in [0.3, 0.4) is 0 Å². The second-order valence-corrected chi connectivity index (χ2v) is 4.61. The van der Waals surface area contributed by atoms with Crippen LogP contribution >= 0.6 is 0 Å². The van der Waals surface area contributed by atoms with Crippen molar-refractivity contribution in [1.82, 2.24) is 0 Å². The first-order valence-corrected chi connectivity index (χ1v) is 5.89. The van der Waals surface area contributed by atoms with Crippen LogP contribution in [0.5, 0.6) is 0 Å². The summed E-state index contributed by atoms with van der Waals surface area (Å²) in [6, 6.07) is 17.1. The third kappa shape index (κ3) is 2.37. The minimum atomic E-state index is 1.14. The summed E-state index contributed by atoms with van der Waals surface area (Å²) in [6.45, 7) is 4.20. The van der Waals surface area contributed by atoms with Gasteiger partial charge >= 0.3 is 0 Å². The predicted molar refractivity (Wildman–Crippen MR) is 71.3 cm³/mol. The molecule has 0 saturated heterocycles. The lowest BCUT2D eigenvalue weighted by atomic mass is 10.0. The van der Waals surface area contributed by atoms with Crippen LogP contribution in [-0.4, -0.2) is 15.0 Å². The van der Waals surface area contributed by atoms with Gasteiger partial charge in [-0.2, -0.15) is 0 Å². The van der Waals surface area contributed by atoms with Crippen molar-refractivity contribution in [3.63, 3.8) is 0 Å². The monoisotopic (exact) mass is 222 g/mol. The van der Waals surface area contributed by atoms with E-state index in [1.807, 2.05) is 0 Å². The number of hydrogen-bond donors (Lipinski definition) is 0. The minimum absolute atomic E-state index is 1.14. The second kappa shape index (κ2) is 4.58. The molecule has 0 aromatic heterocycles. The van der Waals surface area contributed by atoms with Gasteiger partial charge in [0.1, 0.15) is 0 Å². The van der Waals surface area contributed by atoms with E-state index in [0.29, 0.717) is 0 Å². The van der Waals surface area contributed by atoms with E-state index in [1.165, 1.54) is 22.3 Å². The Balaban J connectivity index is 2.32. The average Bonchev–Trinajstić information content (AvgIpc) is 2.30. The first-order valence-electron chi connectivity index (χ1n) is 5.39. The minimum Gasteiger partial charge on any atom is -0.0587 e. The van der Waals surface area contributed by atoms with Crippen molar-refractivity contribution in [2.75, 3.05) is 0 Å². The molecule has 0 bridgehead atoms. The maximum absolute atomic E-state index is 3.71. The molecule has 0 aliphatic heterocycles. The van der Waals surface area contributed by atoms with Gasteiger partial charge in [0, 0.05) is 9.85 Å². The molecule has 0 atom stereocenters. The van der Waals surface area contributed by atoms with Gasteiger partial charge in [-0.05, 0) is 30.1 Å². The van der Waals surface area contributed by atoms with Gasteiger partial charge in [0.25, 0.3) is 0 Å². The molecule has 0 fully saturated rings. The second-order valence-electron chi connectivity index (χ2n) is 4.11. The Morgan fingerprint density at radius 1 is 0.688 bits per heavy atom. The molecule has 0 unspecified atom stereocenters. The lowest BCUT2D eigenvalue weighted by molar-refractivity contribution is 1.45. The summed E-state index contributed by atoms with van der Waals surface area (Å²) in [6.07, 6.45) is 0. The number of benzene rings is 2. The SMILES string of the molecule is Cc1ccc(C(=[Si])c2ccc(C)cc2)cc1. The van der Waals surface area contributed by atoms with Crippen molar-refractivity contribution in [3.8, 4) is 0 Å². The Morgan fingerprint density at radius 3 is 1.31 bits per heavy atom. The predicted octanol–water partition coefficient (Wildman–Crippen LogP) is 3.04. The standard InChI is InChI=1S/C15H14Si/c1-11-3-7-13(8-4-11)15(16)14-9-5-12(2)6-10-14/h3-10H,1-2H3. The molecule has 1 heteroatoms. The normalized spacial score (nSPS) is 10.1. The van der Waals surface area contributed by atoms with Crippen LogP contribution in [0.4, 0.5) is 0 Å². The maximum atomic E-state index is 3.71. The molecule has 0 saturated carbocycles. The van der Waals surface area contributed by atoms with Gasteiger partial charge in [-0.3, -0.25) is 0 Å². The fraction of sp³-hybridized carbons (Fsp3) is 0.133. The Labute approximate surface area is 100.0 Å². The third-order valence-corrected chi connectivity index (χ3v) is 3.26. The number of hydrogen-bond acceptors (Lipinski definition) is 0. The fourth-order valence-electron chi connectivity index (χ4n) is 1.61. The third-order valence-electron chi connectivity index (χ3n) is 2.68. The lowest BCUT2D eigenvalue weighted by Gasteiger charge is -2.07. The highest BCUT2D eigenvalue weighted by atomic mass is 28.1. The zero-order valence-electron chi connectivity index (χ0n) is 9.62. The highest BCUT2D eigenvalue weighted by Gasteiger charge is 2.01. The largest absolute Gasteiger partial charge is 0.0587 e. The average molecular weight is 222 g/mol. The quantitative estimate of drug-likeness (QED) is 0.685. The van der Waals surface area contributed by atoms with Crippen molar-refractivity contribution in [1.29, 1.82) is 0 Å². The van der Waals surface area contributed by atoms with Crippen molar-refractivity contribution < 1.29 is 0 Å². The highest BCUT2D eigenvalue weighted by molar-refractivity contribution is 6.49. The molecule has 16 heavy (non-hydrogen) atoms. The van der Waals surface area contributed by atoms with E-state index < -0.39 is 0 Å². The zero-order valence-corrected chi connectivity index (χ0v) is 10.6. The van der Waals surface area contributed by atoms with Crippen molar-refractivity contribution in [2.45, 2.75) is 13.8 Å². The van der Waals surface area contributed by atoms with Crippen LogP contribution in [-0.2, 0) is 0 Å². The summed E-state index contributed by atoms with van der Waals surface area (Å²) in [5.41, 5.74) is 5.00. The van der Waals surface area contributed by atoms with Crippen LogP contribution in [0, 0.1) is 13.8 Å². The van der Waals surface area contributed by atoms with Crippen LogP contribution in [0.2, 0.25) is 0 Å².